The molecule has 0 atom stereocenters. The minimum absolute atomic E-state index is 0.0591. The van der Waals surface area contributed by atoms with E-state index in [1.807, 2.05) is 0 Å². The molecule has 2 heterocycles. The lowest BCUT2D eigenvalue weighted by Gasteiger charge is -2.40. The van der Waals surface area contributed by atoms with Gasteiger partial charge in [0.15, 0.2) is 5.84 Å². The standard InChI is InChI=1S/C16H16F6N4O/c1-14(2,26-4-3-23-7-11(26)27)13-24-10-6-8(15(17,18)19)5-9(12(10)25-13)16(20,21)22/h5,23H,3-4,6-7H2,1-2H3. The highest BCUT2D eigenvalue weighted by atomic mass is 19.4. The van der Waals surface area contributed by atoms with Gasteiger partial charge >= 0.3 is 12.4 Å². The van der Waals surface area contributed by atoms with Gasteiger partial charge in [-0.05, 0) is 19.9 Å². The Kier molecular flexibility index (Phi) is 4.48. The SMILES string of the molecule is CC(C)(C1=NC2=C(C(F)(F)F)C=C(C(F)(F)F)CC2=N1)N1CCNCC1=O. The Bertz CT molecular complexity index is 801. The minimum Gasteiger partial charge on any atom is -0.328 e. The van der Waals surface area contributed by atoms with E-state index in [-0.39, 0.29) is 36.6 Å². The Hall–Kier alpha value is -2.17. The van der Waals surface area contributed by atoms with Crippen molar-refractivity contribution < 1.29 is 31.1 Å². The van der Waals surface area contributed by atoms with Gasteiger partial charge in [0.25, 0.3) is 0 Å². The number of aliphatic imine (C=N–C) groups is 2. The van der Waals surface area contributed by atoms with Crippen molar-refractivity contribution in [2.75, 3.05) is 19.6 Å². The van der Waals surface area contributed by atoms with Crippen LogP contribution in [0.15, 0.2) is 32.9 Å². The van der Waals surface area contributed by atoms with Crippen molar-refractivity contribution in [1.29, 1.82) is 0 Å². The first kappa shape index (κ1) is 19.6. The summed E-state index contributed by atoms with van der Waals surface area (Å²) in [4.78, 5) is 21.4. The van der Waals surface area contributed by atoms with E-state index in [0.717, 1.165) is 0 Å². The number of fused-ring (bicyclic) bond motifs is 1. The molecule has 0 spiro atoms. The number of amides is 1. The molecule has 0 unspecified atom stereocenters. The third kappa shape index (κ3) is 3.52. The van der Waals surface area contributed by atoms with Crippen molar-refractivity contribution in [1.82, 2.24) is 10.2 Å². The van der Waals surface area contributed by atoms with Crippen LogP contribution in [0.4, 0.5) is 26.3 Å². The second kappa shape index (κ2) is 6.18. The average Bonchev–Trinajstić information content (AvgIpc) is 2.97. The fourth-order valence-corrected chi connectivity index (χ4v) is 3.18. The number of nitrogens with one attached hydrogen (secondary N) is 1. The number of hydrogen-bond acceptors (Lipinski definition) is 4. The van der Waals surface area contributed by atoms with Crippen LogP contribution in [-0.4, -0.2) is 59.9 Å². The summed E-state index contributed by atoms with van der Waals surface area (Å²) < 4.78 is 79.0. The number of nitrogens with zero attached hydrogens (tertiary/aromatic N) is 3. The van der Waals surface area contributed by atoms with Gasteiger partial charge in [0.05, 0.1) is 29.1 Å². The summed E-state index contributed by atoms with van der Waals surface area (Å²) in [6, 6.07) is 0. The molecule has 0 saturated carbocycles. The molecule has 0 radical (unpaired) electrons. The van der Waals surface area contributed by atoms with Crippen molar-refractivity contribution in [3.05, 3.63) is 22.9 Å². The van der Waals surface area contributed by atoms with E-state index < -0.39 is 41.2 Å². The molecule has 0 aromatic carbocycles. The molecule has 1 aliphatic carbocycles. The summed E-state index contributed by atoms with van der Waals surface area (Å²) in [5, 5.41) is 2.87. The van der Waals surface area contributed by atoms with Gasteiger partial charge in [0, 0.05) is 25.1 Å². The first-order chi connectivity index (χ1) is 12.3. The van der Waals surface area contributed by atoms with Crippen molar-refractivity contribution >= 4 is 17.5 Å². The van der Waals surface area contributed by atoms with Crippen LogP contribution in [0.5, 0.6) is 0 Å². The molecule has 0 aromatic rings. The largest absolute Gasteiger partial charge is 0.418 e. The lowest BCUT2D eigenvalue weighted by molar-refractivity contribution is -0.135. The highest BCUT2D eigenvalue weighted by Crippen LogP contribution is 2.42. The van der Waals surface area contributed by atoms with Crippen LogP contribution in [0.3, 0.4) is 0 Å². The monoisotopic (exact) mass is 394 g/mol. The van der Waals surface area contributed by atoms with Crippen molar-refractivity contribution in [3.63, 3.8) is 0 Å². The Morgan fingerprint density at radius 3 is 2.30 bits per heavy atom. The van der Waals surface area contributed by atoms with Gasteiger partial charge in [-0.3, -0.25) is 4.79 Å². The Balaban J connectivity index is 2.05. The maximum absolute atomic E-state index is 13.3. The van der Waals surface area contributed by atoms with Gasteiger partial charge in [0.2, 0.25) is 5.91 Å². The minimum atomic E-state index is -5.01. The van der Waals surface area contributed by atoms with Crippen LogP contribution < -0.4 is 5.32 Å². The van der Waals surface area contributed by atoms with Gasteiger partial charge in [-0.25, -0.2) is 9.98 Å². The van der Waals surface area contributed by atoms with Gasteiger partial charge in [-0.1, -0.05) is 0 Å². The highest BCUT2D eigenvalue weighted by molar-refractivity contribution is 6.17. The van der Waals surface area contributed by atoms with Gasteiger partial charge < -0.3 is 10.2 Å². The van der Waals surface area contributed by atoms with Crippen LogP contribution >= 0.6 is 0 Å². The van der Waals surface area contributed by atoms with Crippen LogP contribution in [-0.2, 0) is 4.79 Å². The van der Waals surface area contributed by atoms with Crippen LogP contribution in [0, 0.1) is 0 Å². The second-order valence-electron chi connectivity index (χ2n) is 6.88. The van der Waals surface area contributed by atoms with Crippen LogP contribution in [0.1, 0.15) is 20.3 Å². The number of rotatable bonds is 2. The number of carbonyl (C=O) groups is 1. The van der Waals surface area contributed by atoms with E-state index in [1.54, 1.807) is 13.8 Å². The molecule has 1 fully saturated rings. The number of halogens is 6. The van der Waals surface area contributed by atoms with E-state index >= 15 is 0 Å². The maximum atomic E-state index is 13.3. The molecule has 11 heteroatoms. The average molecular weight is 394 g/mol. The number of carbonyl (C=O) groups excluding carboxylic acids is 1. The topological polar surface area (TPSA) is 57.1 Å². The number of allylic oxidation sites excluding steroid dienone is 4. The smallest absolute Gasteiger partial charge is 0.328 e. The Morgan fingerprint density at radius 1 is 1.07 bits per heavy atom. The summed E-state index contributed by atoms with van der Waals surface area (Å²) >= 11 is 0. The summed E-state index contributed by atoms with van der Waals surface area (Å²) in [6.07, 6.45) is -10.6. The fourth-order valence-electron chi connectivity index (χ4n) is 3.18. The molecular formula is C16H16F6N4O. The van der Waals surface area contributed by atoms with E-state index in [1.165, 1.54) is 4.90 Å². The molecular weight excluding hydrogens is 378 g/mol. The number of alkyl halides is 6. The summed E-state index contributed by atoms with van der Waals surface area (Å²) in [5.74, 6) is -0.399. The summed E-state index contributed by atoms with van der Waals surface area (Å²) in [5.41, 5.74) is -4.96. The van der Waals surface area contributed by atoms with E-state index in [4.69, 9.17) is 0 Å². The Labute approximate surface area is 150 Å². The molecule has 1 amide bonds. The lowest BCUT2D eigenvalue weighted by atomic mass is 9.94. The van der Waals surface area contributed by atoms with Crippen LogP contribution in [0.25, 0.3) is 0 Å². The molecule has 0 aromatic heterocycles. The highest BCUT2D eigenvalue weighted by Gasteiger charge is 2.47. The molecule has 3 aliphatic rings. The van der Waals surface area contributed by atoms with Crippen LogP contribution in [0.2, 0.25) is 0 Å². The number of hydrogen-bond donors (Lipinski definition) is 1. The molecule has 148 valence electrons. The predicted molar refractivity (Wildman–Crippen MR) is 85.4 cm³/mol. The van der Waals surface area contributed by atoms with E-state index in [2.05, 4.69) is 15.3 Å². The zero-order valence-electron chi connectivity index (χ0n) is 14.4. The first-order valence-electron chi connectivity index (χ1n) is 8.09. The zero-order chi connectivity index (χ0) is 20.2. The van der Waals surface area contributed by atoms with Crippen molar-refractivity contribution in [2.45, 2.75) is 38.2 Å². The third-order valence-electron chi connectivity index (χ3n) is 4.64. The predicted octanol–water partition coefficient (Wildman–Crippen LogP) is 2.76. The van der Waals surface area contributed by atoms with Gasteiger partial charge in [0.1, 0.15) is 0 Å². The molecule has 1 saturated heterocycles. The lowest BCUT2D eigenvalue weighted by Crippen LogP contribution is -2.59. The van der Waals surface area contributed by atoms with Gasteiger partial charge in [-0.2, -0.15) is 26.3 Å². The van der Waals surface area contributed by atoms with Crippen molar-refractivity contribution in [3.8, 4) is 0 Å². The molecule has 3 rings (SSSR count). The van der Waals surface area contributed by atoms with E-state index in [9.17, 15) is 31.1 Å². The maximum Gasteiger partial charge on any atom is 0.418 e. The second-order valence-corrected chi connectivity index (χ2v) is 6.88. The molecule has 2 aliphatic heterocycles. The Morgan fingerprint density at radius 2 is 1.74 bits per heavy atom. The van der Waals surface area contributed by atoms with Crippen molar-refractivity contribution in [2.24, 2.45) is 9.98 Å². The summed E-state index contributed by atoms with van der Waals surface area (Å²) in [6.45, 7) is 3.94. The number of amidine groups is 1. The quantitative estimate of drug-likeness (QED) is 0.733. The zero-order valence-corrected chi connectivity index (χ0v) is 14.4. The molecule has 27 heavy (non-hydrogen) atoms. The number of piperazine rings is 1. The normalized spacial score (nSPS) is 21.9. The molecule has 5 nitrogen and oxygen atoms in total. The molecule has 0 bridgehead atoms. The van der Waals surface area contributed by atoms with E-state index in [0.29, 0.717) is 6.54 Å². The molecule has 1 N–H and O–H groups in total. The summed E-state index contributed by atoms with van der Waals surface area (Å²) in [7, 11) is 0. The fraction of sp³-hybridized carbons (Fsp3) is 0.562. The third-order valence-corrected chi connectivity index (χ3v) is 4.64. The van der Waals surface area contributed by atoms with Gasteiger partial charge in [-0.15, -0.1) is 0 Å². The first-order valence-corrected chi connectivity index (χ1v) is 8.09.